The molecule has 0 aliphatic heterocycles. The fraction of sp³-hybridized carbons (Fsp3) is 0.100. The topological polar surface area (TPSA) is 79.5 Å². The molecule has 0 saturated carbocycles. The summed E-state index contributed by atoms with van der Waals surface area (Å²) >= 11 is 4.68. The van der Waals surface area contributed by atoms with E-state index in [9.17, 15) is 15.2 Å². The number of benzene rings is 2. The zero-order valence-corrected chi connectivity index (χ0v) is 16.2. The summed E-state index contributed by atoms with van der Waals surface area (Å²) in [5.41, 5.74) is -1.48. The Hall–Kier alpha value is -2.82. The van der Waals surface area contributed by atoms with E-state index in [2.05, 4.69) is 15.9 Å². The molecule has 1 N–H and O–H groups in total. The van der Waals surface area contributed by atoms with Gasteiger partial charge in [0, 0.05) is 16.1 Å². The lowest BCUT2D eigenvalue weighted by Crippen LogP contribution is -2.40. The zero-order chi connectivity index (χ0) is 21.0. The maximum Gasteiger partial charge on any atom is 0.368 e. The van der Waals surface area contributed by atoms with Crippen LogP contribution in [0, 0.1) is 11.3 Å². The van der Waals surface area contributed by atoms with Crippen LogP contribution in [0.4, 0.5) is 0 Å². The Morgan fingerprint density at radius 1 is 1.33 bits per heavy atom. The molecule has 3 rings (SSSR count). The molecular formula is C20H14BrNO4S. The van der Waals surface area contributed by atoms with Crippen molar-refractivity contribution >= 4 is 33.2 Å². The van der Waals surface area contributed by atoms with Crippen LogP contribution >= 0.6 is 27.3 Å². The quantitative estimate of drug-likeness (QED) is 0.552. The fourth-order valence-corrected chi connectivity index (χ4v) is 3.51. The highest BCUT2D eigenvalue weighted by atomic mass is 79.9. The van der Waals surface area contributed by atoms with E-state index < -0.39 is 11.6 Å². The highest BCUT2D eigenvalue weighted by Crippen LogP contribution is 2.34. The lowest BCUT2D eigenvalue weighted by molar-refractivity contribution is -0.151. The number of carboxylic acids is 1. The Bertz CT molecular complexity index is 1080. The average molecular weight is 448 g/mol. The average Bonchev–Trinajstić information content (AvgIpc) is 3.23. The molecule has 0 spiro atoms. The Labute approximate surface area is 171 Å². The Kier molecular flexibility index (Phi) is 5.00. The van der Waals surface area contributed by atoms with Crippen molar-refractivity contribution in [3.8, 4) is 17.6 Å². The molecular weight excluding hydrogens is 430 g/mol. The van der Waals surface area contributed by atoms with E-state index in [0.29, 0.717) is 12.4 Å². The van der Waals surface area contributed by atoms with Crippen LogP contribution < -0.4 is 9.47 Å². The van der Waals surface area contributed by atoms with E-state index >= 15 is 0 Å². The number of rotatable bonds is 7. The van der Waals surface area contributed by atoms with Gasteiger partial charge >= 0.3 is 11.6 Å². The van der Waals surface area contributed by atoms with E-state index in [4.69, 9.17) is 12.2 Å². The zero-order valence-electron chi connectivity index (χ0n) is 15.8. The van der Waals surface area contributed by atoms with Gasteiger partial charge < -0.3 is 14.6 Å². The number of carbonyl (C=O) groups is 1. The predicted octanol–water partition coefficient (Wildman–Crippen LogP) is 4.97. The second kappa shape index (κ2) is 8.25. The van der Waals surface area contributed by atoms with Crippen molar-refractivity contribution < 1.29 is 22.1 Å². The molecule has 0 aliphatic rings. The first-order valence-corrected chi connectivity index (χ1v) is 9.44. The molecule has 7 heteroatoms. The number of nitriles is 1. The van der Waals surface area contributed by atoms with Gasteiger partial charge in [0.1, 0.15) is 24.2 Å². The second-order valence-corrected chi connectivity index (χ2v) is 7.00. The van der Waals surface area contributed by atoms with Crippen molar-refractivity contribution in [3.05, 3.63) is 80.9 Å². The maximum absolute atomic E-state index is 12.1. The monoisotopic (exact) mass is 447 g/mol. The van der Waals surface area contributed by atoms with Gasteiger partial charge in [-0.25, -0.2) is 4.79 Å². The minimum Gasteiger partial charge on any atom is -0.489 e. The van der Waals surface area contributed by atoms with Gasteiger partial charge in [-0.2, -0.15) is 16.6 Å². The molecule has 2 aromatic carbocycles. The van der Waals surface area contributed by atoms with Crippen molar-refractivity contribution in [1.29, 1.82) is 5.26 Å². The molecule has 27 heavy (non-hydrogen) atoms. The molecule has 5 nitrogen and oxygen atoms in total. The van der Waals surface area contributed by atoms with Crippen LogP contribution in [0.5, 0.6) is 11.5 Å². The van der Waals surface area contributed by atoms with Crippen molar-refractivity contribution in [1.82, 2.24) is 0 Å². The largest absolute Gasteiger partial charge is 0.489 e. The standard InChI is InChI=1S/C20H14BrNO4S/c21-18-7-2-1-6-17(18)20(13-22,19(23)24)26-16-5-3-4-15(10-16)25-11-14-8-9-27-12-14/h1-10,12H,11H2,(H,23,24)/i2T,7T. The van der Waals surface area contributed by atoms with Gasteiger partial charge in [-0.15, -0.1) is 0 Å². The summed E-state index contributed by atoms with van der Waals surface area (Å²) in [4.78, 5) is 12.1. The predicted molar refractivity (Wildman–Crippen MR) is 105 cm³/mol. The summed E-state index contributed by atoms with van der Waals surface area (Å²) in [6.07, 6.45) is 0. The minimum atomic E-state index is -2.41. The first kappa shape index (κ1) is 16.4. The van der Waals surface area contributed by atoms with Crippen molar-refractivity contribution in [2.45, 2.75) is 12.2 Å². The van der Waals surface area contributed by atoms with Crippen LogP contribution in [0.2, 0.25) is 0 Å². The van der Waals surface area contributed by atoms with Gasteiger partial charge in [0.25, 0.3) is 0 Å². The smallest absolute Gasteiger partial charge is 0.368 e. The fourth-order valence-electron chi connectivity index (χ4n) is 2.33. The lowest BCUT2D eigenvalue weighted by atomic mass is 9.95. The molecule has 0 radical (unpaired) electrons. The first-order chi connectivity index (χ1) is 13.9. The SMILES string of the molecule is [3H]c1ccc(C(C#N)(Oc2cccc(OCc3ccsc3)c2)C(=O)O)c(Br)c1[3H]. The normalized spacial score (nSPS) is 13.6. The number of carboxylic acid groups (broad SMARTS) is 1. The number of ether oxygens (including phenoxy) is 2. The van der Waals surface area contributed by atoms with Gasteiger partial charge in [0.2, 0.25) is 0 Å². The number of aliphatic carboxylic acids is 1. The molecule has 0 saturated heterocycles. The highest BCUT2D eigenvalue weighted by Gasteiger charge is 2.45. The Morgan fingerprint density at radius 3 is 2.85 bits per heavy atom. The molecule has 1 aromatic heterocycles. The molecule has 1 atom stereocenters. The molecule has 0 bridgehead atoms. The molecule has 0 amide bonds. The van der Waals surface area contributed by atoms with Crippen LogP contribution in [0.1, 0.15) is 13.9 Å². The van der Waals surface area contributed by atoms with Crippen LogP contribution in [-0.4, -0.2) is 11.1 Å². The second-order valence-electron chi connectivity index (χ2n) is 5.43. The third kappa shape index (κ3) is 4.13. The number of hydrogen-bond donors (Lipinski definition) is 1. The maximum atomic E-state index is 12.1. The molecule has 0 aliphatic carbocycles. The lowest BCUT2D eigenvalue weighted by Gasteiger charge is -2.25. The van der Waals surface area contributed by atoms with Crippen molar-refractivity contribution in [2.75, 3.05) is 0 Å². The van der Waals surface area contributed by atoms with Gasteiger partial charge in [0.15, 0.2) is 0 Å². The summed E-state index contributed by atoms with van der Waals surface area (Å²) in [6, 6.07) is 12.2. The van der Waals surface area contributed by atoms with Gasteiger partial charge in [-0.05, 0) is 40.6 Å². The van der Waals surface area contributed by atoms with Crippen molar-refractivity contribution in [3.63, 3.8) is 0 Å². The van der Waals surface area contributed by atoms with E-state index in [1.54, 1.807) is 29.5 Å². The van der Waals surface area contributed by atoms with E-state index in [1.165, 1.54) is 24.3 Å². The Morgan fingerprint density at radius 2 is 2.15 bits per heavy atom. The highest BCUT2D eigenvalue weighted by molar-refractivity contribution is 9.10. The number of nitrogens with zero attached hydrogens (tertiary/aromatic N) is 1. The number of thiophene rings is 1. The first-order valence-electron chi connectivity index (χ1n) is 8.71. The summed E-state index contributed by atoms with van der Waals surface area (Å²) < 4.78 is 26.9. The molecule has 3 aromatic rings. The third-order valence-electron chi connectivity index (χ3n) is 3.65. The minimum absolute atomic E-state index is 0.0128. The van der Waals surface area contributed by atoms with Crippen LogP contribution in [0.25, 0.3) is 0 Å². The van der Waals surface area contributed by atoms with Crippen LogP contribution in [0.15, 0.2) is 69.8 Å². The number of hydrogen-bond acceptors (Lipinski definition) is 5. The van der Waals surface area contributed by atoms with Crippen molar-refractivity contribution in [2.24, 2.45) is 0 Å². The van der Waals surface area contributed by atoms with Gasteiger partial charge in [0.05, 0.1) is 2.74 Å². The summed E-state index contributed by atoms with van der Waals surface area (Å²) in [5.74, 6) is -0.972. The Balaban J connectivity index is 1.94. The summed E-state index contributed by atoms with van der Waals surface area (Å²) in [7, 11) is 0. The van der Waals surface area contributed by atoms with Gasteiger partial charge in [-0.1, -0.05) is 40.2 Å². The molecule has 1 unspecified atom stereocenters. The number of halogens is 1. The molecule has 0 fully saturated rings. The van der Waals surface area contributed by atoms with E-state index in [0.717, 1.165) is 5.56 Å². The van der Waals surface area contributed by atoms with Crippen LogP contribution in [0.3, 0.4) is 0 Å². The van der Waals surface area contributed by atoms with Crippen LogP contribution in [-0.2, 0) is 17.0 Å². The van der Waals surface area contributed by atoms with E-state index in [1.807, 2.05) is 16.8 Å². The summed E-state index contributed by atoms with van der Waals surface area (Å²) in [5, 5.41) is 23.4. The van der Waals surface area contributed by atoms with Gasteiger partial charge in [-0.3, -0.25) is 0 Å². The third-order valence-corrected chi connectivity index (χ3v) is 5.01. The molecule has 1 heterocycles. The summed E-state index contributed by atoms with van der Waals surface area (Å²) in [6.45, 7) is 0.341. The molecule has 136 valence electrons. The van der Waals surface area contributed by atoms with E-state index in [-0.39, 0.29) is 27.9 Å².